The molecule has 5 nitrogen and oxygen atoms in total. The number of amides is 2. The first-order valence-electron chi connectivity index (χ1n) is 7.38. The summed E-state index contributed by atoms with van der Waals surface area (Å²) in [5.74, 6) is -0.382. The molecule has 0 spiro atoms. The molecule has 21 heavy (non-hydrogen) atoms. The lowest BCUT2D eigenvalue weighted by molar-refractivity contribution is -0.135. The molecule has 0 radical (unpaired) electrons. The highest BCUT2D eigenvalue weighted by atomic mass is 16.2. The average Bonchev–Trinajstić information content (AvgIpc) is 2.49. The number of nitrogens with one attached hydrogen (secondary N) is 1. The van der Waals surface area contributed by atoms with Crippen LogP contribution in [0, 0.1) is 0 Å². The first-order valence-corrected chi connectivity index (χ1v) is 7.38. The number of rotatable bonds is 7. The molecule has 0 aliphatic heterocycles. The van der Waals surface area contributed by atoms with Crippen LogP contribution in [0.1, 0.15) is 26.3 Å². The summed E-state index contributed by atoms with van der Waals surface area (Å²) in [6.07, 6.45) is 0.457. The number of carbonyl (C=O) groups excluding carboxylic acids is 2. The zero-order valence-corrected chi connectivity index (χ0v) is 13.0. The minimum atomic E-state index is -0.653. The number of hydrogen-bond donors (Lipinski definition) is 2. The molecule has 3 N–H and O–H groups in total. The van der Waals surface area contributed by atoms with Crippen molar-refractivity contribution in [1.29, 1.82) is 0 Å². The lowest BCUT2D eigenvalue weighted by Gasteiger charge is -2.24. The van der Waals surface area contributed by atoms with Gasteiger partial charge >= 0.3 is 0 Å². The Labute approximate surface area is 126 Å². The maximum Gasteiger partial charge on any atom is 0.244 e. The molecule has 1 rings (SSSR count). The number of nitrogens with two attached hydrogens (primary N) is 1. The molecule has 0 aliphatic rings. The zero-order valence-electron chi connectivity index (χ0n) is 13.0. The van der Waals surface area contributed by atoms with Gasteiger partial charge in [0.1, 0.15) is 6.04 Å². The summed E-state index contributed by atoms with van der Waals surface area (Å²) in [7, 11) is 0. The summed E-state index contributed by atoms with van der Waals surface area (Å²) in [4.78, 5) is 25.8. The van der Waals surface area contributed by atoms with E-state index in [1.807, 2.05) is 44.2 Å². The molecule has 0 aromatic heterocycles. The number of carbonyl (C=O) groups is 2. The van der Waals surface area contributed by atoms with Crippen LogP contribution in [0.3, 0.4) is 0 Å². The Balaban J connectivity index is 2.53. The van der Waals surface area contributed by atoms with Crippen LogP contribution in [-0.4, -0.2) is 41.9 Å². The van der Waals surface area contributed by atoms with Crippen molar-refractivity contribution in [3.8, 4) is 0 Å². The second-order valence-corrected chi connectivity index (χ2v) is 5.04. The van der Waals surface area contributed by atoms with Gasteiger partial charge in [-0.3, -0.25) is 9.59 Å². The van der Waals surface area contributed by atoms with Gasteiger partial charge in [-0.05, 0) is 32.8 Å². The maximum atomic E-state index is 12.1. The fourth-order valence-corrected chi connectivity index (χ4v) is 2.15. The van der Waals surface area contributed by atoms with Gasteiger partial charge in [-0.15, -0.1) is 0 Å². The van der Waals surface area contributed by atoms with Crippen molar-refractivity contribution in [2.45, 2.75) is 39.3 Å². The predicted molar refractivity (Wildman–Crippen MR) is 83.7 cm³/mol. The van der Waals surface area contributed by atoms with E-state index >= 15 is 0 Å². The van der Waals surface area contributed by atoms with E-state index in [1.165, 1.54) is 0 Å². The topological polar surface area (TPSA) is 75.4 Å². The largest absolute Gasteiger partial charge is 0.343 e. The number of nitrogens with zero attached hydrogens (tertiary/aromatic N) is 1. The van der Waals surface area contributed by atoms with E-state index in [0.29, 0.717) is 19.5 Å². The summed E-state index contributed by atoms with van der Waals surface area (Å²) >= 11 is 0. The fraction of sp³-hybridized carbons (Fsp3) is 0.500. The number of benzene rings is 1. The number of likely N-dealkylation sites (N-methyl/N-ethyl adjacent to an activating group) is 1. The quantitative estimate of drug-likeness (QED) is 0.784. The SMILES string of the molecule is CCN(CC)C(=O)C(C)NC(=O)C(N)Cc1ccccc1. The molecule has 1 aromatic rings. The molecule has 5 heteroatoms. The molecule has 0 bridgehead atoms. The van der Waals surface area contributed by atoms with Gasteiger partial charge in [0.2, 0.25) is 11.8 Å². The molecular weight excluding hydrogens is 266 g/mol. The Bertz CT molecular complexity index is 458. The normalized spacial score (nSPS) is 13.3. The second-order valence-electron chi connectivity index (χ2n) is 5.04. The third kappa shape index (κ3) is 5.19. The standard InChI is InChI=1S/C16H25N3O2/c1-4-19(5-2)16(21)12(3)18-15(20)14(17)11-13-9-7-6-8-10-13/h6-10,12,14H,4-5,11,17H2,1-3H3,(H,18,20). The molecule has 116 valence electrons. The van der Waals surface area contributed by atoms with Gasteiger partial charge in [0.05, 0.1) is 6.04 Å². The second kappa shape index (κ2) is 8.42. The minimum Gasteiger partial charge on any atom is -0.343 e. The molecular formula is C16H25N3O2. The van der Waals surface area contributed by atoms with Crippen molar-refractivity contribution in [3.63, 3.8) is 0 Å². The van der Waals surface area contributed by atoms with Crippen LogP contribution in [0.25, 0.3) is 0 Å². The monoisotopic (exact) mass is 291 g/mol. The molecule has 0 heterocycles. The predicted octanol–water partition coefficient (Wildman–Crippen LogP) is 0.930. The maximum absolute atomic E-state index is 12.1. The molecule has 2 unspecified atom stereocenters. The molecule has 0 aliphatic carbocycles. The summed E-state index contributed by atoms with van der Waals surface area (Å²) in [5.41, 5.74) is 6.90. The Hall–Kier alpha value is -1.88. The Kier molecular flexibility index (Phi) is 6.88. The van der Waals surface area contributed by atoms with Crippen LogP contribution in [0.2, 0.25) is 0 Å². The minimum absolute atomic E-state index is 0.0831. The lowest BCUT2D eigenvalue weighted by atomic mass is 10.1. The third-order valence-electron chi connectivity index (χ3n) is 3.44. The van der Waals surface area contributed by atoms with Crippen LogP contribution in [0.15, 0.2) is 30.3 Å². The van der Waals surface area contributed by atoms with Crippen molar-refractivity contribution < 1.29 is 9.59 Å². The van der Waals surface area contributed by atoms with Crippen molar-refractivity contribution >= 4 is 11.8 Å². The first-order chi connectivity index (χ1) is 9.99. The third-order valence-corrected chi connectivity index (χ3v) is 3.44. The van der Waals surface area contributed by atoms with E-state index in [4.69, 9.17) is 5.73 Å². The highest BCUT2D eigenvalue weighted by Gasteiger charge is 2.22. The van der Waals surface area contributed by atoms with Crippen LogP contribution < -0.4 is 11.1 Å². The van der Waals surface area contributed by atoms with Gasteiger partial charge in [0.25, 0.3) is 0 Å². The molecule has 0 fully saturated rings. The van der Waals surface area contributed by atoms with Gasteiger partial charge in [-0.2, -0.15) is 0 Å². The summed E-state index contributed by atoms with van der Waals surface area (Å²) in [5, 5.41) is 2.69. The Morgan fingerprint density at radius 1 is 1.19 bits per heavy atom. The van der Waals surface area contributed by atoms with E-state index in [9.17, 15) is 9.59 Å². The van der Waals surface area contributed by atoms with E-state index < -0.39 is 12.1 Å². The van der Waals surface area contributed by atoms with Crippen LogP contribution in [0.4, 0.5) is 0 Å². The highest BCUT2D eigenvalue weighted by molar-refractivity contribution is 5.89. The van der Waals surface area contributed by atoms with Crippen molar-refractivity contribution in [2.24, 2.45) is 5.73 Å². The highest BCUT2D eigenvalue weighted by Crippen LogP contribution is 2.02. The van der Waals surface area contributed by atoms with Crippen molar-refractivity contribution in [3.05, 3.63) is 35.9 Å². The summed E-state index contributed by atoms with van der Waals surface area (Å²) < 4.78 is 0. The van der Waals surface area contributed by atoms with Crippen molar-refractivity contribution in [1.82, 2.24) is 10.2 Å². The van der Waals surface area contributed by atoms with Gasteiger partial charge in [0, 0.05) is 13.1 Å². The molecule has 0 saturated carbocycles. The van der Waals surface area contributed by atoms with E-state index in [-0.39, 0.29) is 11.8 Å². The fourth-order valence-electron chi connectivity index (χ4n) is 2.15. The molecule has 1 aromatic carbocycles. The van der Waals surface area contributed by atoms with Crippen LogP contribution in [0.5, 0.6) is 0 Å². The smallest absolute Gasteiger partial charge is 0.244 e. The van der Waals surface area contributed by atoms with Crippen LogP contribution in [-0.2, 0) is 16.0 Å². The summed E-state index contributed by atoms with van der Waals surface area (Å²) in [6.45, 7) is 6.78. The van der Waals surface area contributed by atoms with Gasteiger partial charge in [0.15, 0.2) is 0 Å². The molecule has 2 atom stereocenters. The molecule has 2 amide bonds. The van der Waals surface area contributed by atoms with Crippen molar-refractivity contribution in [2.75, 3.05) is 13.1 Å². The lowest BCUT2D eigenvalue weighted by Crippen LogP contribution is -2.51. The Morgan fingerprint density at radius 3 is 2.29 bits per heavy atom. The first kappa shape index (κ1) is 17.2. The van der Waals surface area contributed by atoms with Gasteiger partial charge in [-0.1, -0.05) is 30.3 Å². The average molecular weight is 291 g/mol. The Morgan fingerprint density at radius 2 is 1.76 bits per heavy atom. The van der Waals surface area contributed by atoms with Crippen LogP contribution >= 0.6 is 0 Å². The summed E-state index contributed by atoms with van der Waals surface area (Å²) in [6, 6.07) is 8.38. The van der Waals surface area contributed by atoms with E-state index in [0.717, 1.165) is 5.56 Å². The van der Waals surface area contributed by atoms with Gasteiger partial charge < -0.3 is 16.0 Å². The number of hydrogen-bond acceptors (Lipinski definition) is 3. The van der Waals surface area contributed by atoms with Gasteiger partial charge in [-0.25, -0.2) is 0 Å². The van der Waals surface area contributed by atoms with E-state index in [1.54, 1.807) is 11.8 Å². The van der Waals surface area contributed by atoms with E-state index in [2.05, 4.69) is 5.32 Å². The molecule has 0 saturated heterocycles. The zero-order chi connectivity index (χ0) is 15.8.